The van der Waals surface area contributed by atoms with Crippen LogP contribution in [0.1, 0.15) is 36.0 Å². The Balaban J connectivity index is 1.83. The Morgan fingerprint density at radius 3 is 2.83 bits per heavy atom. The van der Waals surface area contributed by atoms with Crippen molar-refractivity contribution in [2.45, 2.75) is 37.8 Å². The first-order valence-corrected chi connectivity index (χ1v) is 9.66. The Labute approximate surface area is 156 Å². The number of likely N-dealkylation sites (tertiary alicyclic amines) is 1. The number of allylic oxidation sites excluding steroid dienone is 1. The molecule has 2 aliphatic rings. The zero-order chi connectivity index (χ0) is 16.4. The van der Waals surface area contributed by atoms with Gasteiger partial charge in [-0.1, -0.05) is 23.8 Å². The quantitative estimate of drug-likeness (QED) is 0.515. The molecular weight excluding hydrogens is 423 g/mol. The lowest BCUT2D eigenvalue weighted by Gasteiger charge is -2.40. The number of carbonyl (C=O) groups is 1. The zero-order valence-corrected chi connectivity index (χ0v) is 16.3. The number of likely N-dealkylation sites (N-methyl/N-ethyl adjacent to an activating group) is 1. The fourth-order valence-electron chi connectivity index (χ4n) is 3.65. The molecule has 1 fully saturated rings. The van der Waals surface area contributed by atoms with Crippen molar-refractivity contribution < 1.29 is 4.79 Å². The molecule has 0 unspecified atom stereocenters. The molecular formula is C18H22ClIN2O. The highest BCUT2D eigenvalue weighted by molar-refractivity contribution is 14.1. The highest BCUT2D eigenvalue weighted by Gasteiger charge is 2.34. The normalized spacial score (nSPS) is 24.8. The number of amides is 1. The van der Waals surface area contributed by atoms with Crippen molar-refractivity contribution in [1.29, 1.82) is 0 Å². The maximum Gasteiger partial charge on any atom is 0.255 e. The number of carbonyl (C=O) groups excluding carboxylic acids is 1. The second-order valence-electron chi connectivity index (χ2n) is 6.35. The van der Waals surface area contributed by atoms with Crippen LogP contribution in [0.2, 0.25) is 5.02 Å². The Hall–Kier alpha value is -0.590. The zero-order valence-electron chi connectivity index (χ0n) is 13.3. The molecule has 0 saturated carbocycles. The summed E-state index contributed by atoms with van der Waals surface area (Å²) in [5, 5.41) is 0.609. The lowest BCUT2D eigenvalue weighted by Crippen LogP contribution is -2.51. The third-order valence-electron chi connectivity index (χ3n) is 4.89. The summed E-state index contributed by atoms with van der Waals surface area (Å²) in [6.45, 7) is 2.32. The molecule has 3 rings (SSSR count). The van der Waals surface area contributed by atoms with Crippen LogP contribution in [0.4, 0.5) is 0 Å². The Bertz CT molecular complexity index is 613. The topological polar surface area (TPSA) is 23.6 Å². The SMILES string of the molecule is CN(C(=O)c1cc(Cl)ccc1I)[C@@H]1C=CCC[C@H]1N1CCCC1. The van der Waals surface area contributed by atoms with Gasteiger partial charge in [-0.3, -0.25) is 9.69 Å². The number of halogens is 2. The first-order chi connectivity index (χ1) is 11.1. The van der Waals surface area contributed by atoms with Crippen LogP contribution in [0, 0.1) is 3.57 Å². The third kappa shape index (κ3) is 3.74. The predicted octanol–water partition coefficient (Wildman–Crippen LogP) is 4.20. The lowest BCUT2D eigenvalue weighted by atomic mass is 9.93. The highest BCUT2D eigenvalue weighted by atomic mass is 127. The smallest absolute Gasteiger partial charge is 0.255 e. The molecule has 3 nitrogen and oxygen atoms in total. The second kappa shape index (κ2) is 7.53. The fraction of sp³-hybridized carbons (Fsp3) is 0.500. The van der Waals surface area contributed by atoms with E-state index < -0.39 is 0 Å². The number of rotatable bonds is 3. The first-order valence-electron chi connectivity index (χ1n) is 8.21. The molecule has 0 aromatic heterocycles. The van der Waals surface area contributed by atoms with Crippen molar-refractivity contribution in [3.8, 4) is 0 Å². The fourth-order valence-corrected chi connectivity index (χ4v) is 4.39. The molecule has 5 heteroatoms. The van der Waals surface area contributed by atoms with Crippen LogP contribution in [0.3, 0.4) is 0 Å². The van der Waals surface area contributed by atoms with Gasteiger partial charge in [0, 0.05) is 21.7 Å². The summed E-state index contributed by atoms with van der Waals surface area (Å²) in [5.41, 5.74) is 0.694. The minimum atomic E-state index is 0.0534. The molecule has 23 heavy (non-hydrogen) atoms. The number of hydrogen-bond acceptors (Lipinski definition) is 2. The van der Waals surface area contributed by atoms with E-state index in [0.29, 0.717) is 16.6 Å². The Morgan fingerprint density at radius 1 is 1.35 bits per heavy atom. The average Bonchev–Trinajstić information content (AvgIpc) is 3.10. The van der Waals surface area contributed by atoms with E-state index in [9.17, 15) is 4.79 Å². The van der Waals surface area contributed by atoms with Gasteiger partial charge in [-0.25, -0.2) is 0 Å². The van der Waals surface area contributed by atoms with E-state index in [1.54, 1.807) is 6.07 Å². The van der Waals surface area contributed by atoms with Gasteiger partial charge in [0.15, 0.2) is 0 Å². The number of benzene rings is 1. The third-order valence-corrected chi connectivity index (χ3v) is 6.07. The summed E-state index contributed by atoms with van der Waals surface area (Å²) in [6, 6.07) is 6.09. The van der Waals surface area contributed by atoms with Gasteiger partial charge in [0.05, 0.1) is 11.6 Å². The van der Waals surface area contributed by atoms with Gasteiger partial charge in [0.1, 0.15) is 0 Å². The summed E-state index contributed by atoms with van der Waals surface area (Å²) in [5.74, 6) is 0.0534. The maximum atomic E-state index is 13.0. The van der Waals surface area contributed by atoms with Gasteiger partial charge in [-0.05, 0) is 79.6 Å². The molecule has 1 aliphatic carbocycles. The summed E-state index contributed by atoms with van der Waals surface area (Å²) < 4.78 is 0.946. The van der Waals surface area contributed by atoms with Gasteiger partial charge in [-0.15, -0.1) is 0 Å². The molecule has 0 radical (unpaired) electrons. The number of hydrogen-bond donors (Lipinski definition) is 0. The van der Waals surface area contributed by atoms with Gasteiger partial charge in [0.25, 0.3) is 5.91 Å². The van der Waals surface area contributed by atoms with Gasteiger partial charge < -0.3 is 4.90 Å². The summed E-state index contributed by atoms with van der Waals surface area (Å²) in [7, 11) is 1.92. The monoisotopic (exact) mass is 444 g/mol. The molecule has 0 spiro atoms. The Kier molecular flexibility index (Phi) is 5.65. The van der Waals surface area contributed by atoms with Gasteiger partial charge in [0.2, 0.25) is 0 Å². The molecule has 0 N–H and O–H groups in total. The van der Waals surface area contributed by atoms with E-state index in [4.69, 9.17) is 11.6 Å². The van der Waals surface area contributed by atoms with Gasteiger partial charge in [-0.2, -0.15) is 0 Å². The van der Waals surface area contributed by atoms with Crippen LogP contribution >= 0.6 is 34.2 Å². The average molecular weight is 445 g/mol. The molecule has 1 heterocycles. The van der Waals surface area contributed by atoms with Crippen molar-refractivity contribution in [1.82, 2.24) is 9.80 Å². The van der Waals surface area contributed by atoms with E-state index in [1.165, 1.54) is 12.8 Å². The summed E-state index contributed by atoms with van der Waals surface area (Å²) >= 11 is 8.29. The molecule has 1 aromatic carbocycles. The minimum absolute atomic E-state index is 0.0534. The predicted molar refractivity (Wildman–Crippen MR) is 103 cm³/mol. The second-order valence-corrected chi connectivity index (χ2v) is 7.95. The summed E-state index contributed by atoms with van der Waals surface area (Å²) in [4.78, 5) is 17.4. The van der Waals surface area contributed by atoms with Gasteiger partial charge >= 0.3 is 0 Å². The van der Waals surface area contributed by atoms with Crippen molar-refractivity contribution in [3.63, 3.8) is 0 Å². The lowest BCUT2D eigenvalue weighted by molar-refractivity contribution is 0.0647. The Morgan fingerprint density at radius 2 is 2.09 bits per heavy atom. The largest absolute Gasteiger partial charge is 0.334 e. The standard InChI is InChI=1S/C18H22ClIN2O/c1-21(18(23)14-12-13(19)8-9-15(14)20)16-6-2-3-7-17(16)22-10-4-5-11-22/h2,6,8-9,12,16-17H,3-5,7,10-11H2,1H3/t16-,17-/m1/s1. The molecule has 1 saturated heterocycles. The van der Waals surface area contributed by atoms with Crippen LogP contribution in [0.15, 0.2) is 30.4 Å². The van der Waals surface area contributed by atoms with E-state index in [-0.39, 0.29) is 11.9 Å². The van der Waals surface area contributed by atoms with Crippen molar-refractivity contribution in [3.05, 3.63) is 44.5 Å². The molecule has 124 valence electrons. The number of nitrogens with zero attached hydrogens (tertiary/aromatic N) is 2. The van der Waals surface area contributed by atoms with Crippen LogP contribution in [0.5, 0.6) is 0 Å². The molecule has 2 atom stereocenters. The molecule has 1 aromatic rings. The molecule has 1 amide bonds. The van der Waals surface area contributed by atoms with Crippen molar-refractivity contribution in [2.24, 2.45) is 0 Å². The van der Waals surface area contributed by atoms with E-state index in [1.807, 2.05) is 24.1 Å². The highest BCUT2D eigenvalue weighted by Crippen LogP contribution is 2.27. The minimum Gasteiger partial charge on any atom is -0.334 e. The van der Waals surface area contributed by atoms with E-state index >= 15 is 0 Å². The van der Waals surface area contributed by atoms with Crippen LogP contribution in [-0.4, -0.2) is 47.9 Å². The first kappa shape index (κ1) is 17.2. The van der Waals surface area contributed by atoms with Crippen molar-refractivity contribution >= 4 is 40.1 Å². The van der Waals surface area contributed by atoms with Crippen LogP contribution in [0.25, 0.3) is 0 Å². The summed E-state index contributed by atoms with van der Waals surface area (Å²) in [6.07, 6.45) is 9.21. The van der Waals surface area contributed by atoms with Crippen LogP contribution < -0.4 is 0 Å². The van der Waals surface area contributed by atoms with Crippen molar-refractivity contribution in [2.75, 3.05) is 20.1 Å². The maximum absolute atomic E-state index is 13.0. The van der Waals surface area contributed by atoms with Crippen LogP contribution in [-0.2, 0) is 0 Å². The van der Waals surface area contributed by atoms with E-state index in [2.05, 4.69) is 39.6 Å². The molecule has 1 aliphatic heterocycles. The van der Waals surface area contributed by atoms with E-state index in [0.717, 1.165) is 29.5 Å². The molecule has 0 bridgehead atoms.